The summed E-state index contributed by atoms with van der Waals surface area (Å²) < 4.78 is 25.1. The molecular weight excluding hydrogens is 331 g/mol. The minimum absolute atomic E-state index is 0.172. The zero-order chi connectivity index (χ0) is 18.4. The molecule has 1 unspecified atom stereocenters. The summed E-state index contributed by atoms with van der Waals surface area (Å²) in [6.07, 6.45) is 3.26. The Kier molecular flexibility index (Phi) is 6.47. The zero-order valence-electron chi connectivity index (χ0n) is 15.3. The Balaban J connectivity index is 1.68. The van der Waals surface area contributed by atoms with E-state index < -0.39 is 0 Å². The first-order valence-electron chi connectivity index (χ1n) is 9.17. The highest BCUT2D eigenvalue weighted by atomic mass is 19.1. The summed E-state index contributed by atoms with van der Waals surface area (Å²) in [5, 5.41) is 0. The third-order valence-corrected chi connectivity index (χ3v) is 4.84. The van der Waals surface area contributed by atoms with Crippen LogP contribution in [0, 0.1) is 5.82 Å². The van der Waals surface area contributed by atoms with E-state index in [4.69, 9.17) is 15.2 Å². The van der Waals surface area contributed by atoms with Gasteiger partial charge >= 0.3 is 0 Å². The number of nitrogens with two attached hydrogens (primary N) is 1. The van der Waals surface area contributed by atoms with Crippen molar-refractivity contribution in [2.75, 3.05) is 20.2 Å². The molecule has 2 N–H and O–H groups in total. The molecule has 2 aromatic rings. The van der Waals surface area contributed by atoms with Crippen LogP contribution in [0.15, 0.2) is 42.5 Å². The van der Waals surface area contributed by atoms with Crippen LogP contribution in [-0.2, 0) is 13.2 Å². The van der Waals surface area contributed by atoms with Crippen molar-refractivity contribution in [3.8, 4) is 11.5 Å². The molecule has 0 aromatic heterocycles. The highest BCUT2D eigenvalue weighted by molar-refractivity contribution is 5.43. The van der Waals surface area contributed by atoms with Crippen molar-refractivity contribution in [2.24, 2.45) is 5.73 Å². The average molecular weight is 358 g/mol. The minimum Gasteiger partial charge on any atom is -0.493 e. The van der Waals surface area contributed by atoms with Gasteiger partial charge in [-0.1, -0.05) is 24.3 Å². The van der Waals surface area contributed by atoms with E-state index in [1.54, 1.807) is 25.3 Å². The van der Waals surface area contributed by atoms with Crippen LogP contribution in [0.25, 0.3) is 0 Å². The van der Waals surface area contributed by atoms with E-state index in [9.17, 15) is 4.39 Å². The Hall–Kier alpha value is -2.11. The second-order valence-corrected chi connectivity index (χ2v) is 6.83. The summed E-state index contributed by atoms with van der Waals surface area (Å²) in [4.78, 5) is 2.43. The normalized spacial score (nSPS) is 18.3. The van der Waals surface area contributed by atoms with Crippen LogP contribution in [-0.4, -0.2) is 31.1 Å². The third kappa shape index (κ3) is 4.96. The van der Waals surface area contributed by atoms with Crippen molar-refractivity contribution in [3.05, 3.63) is 59.4 Å². The number of hydrogen-bond acceptors (Lipinski definition) is 4. The van der Waals surface area contributed by atoms with Gasteiger partial charge in [-0.05, 0) is 56.1 Å². The molecule has 140 valence electrons. The molecule has 0 bridgehead atoms. The molecule has 4 nitrogen and oxygen atoms in total. The Morgan fingerprint density at radius 3 is 2.77 bits per heavy atom. The Morgan fingerprint density at radius 1 is 1.12 bits per heavy atom. The standard InChI is InChI=1S/C21H27FN2O2/c1-25-20-9-8-16(14-24-11-4-6-18(23)10-12-24)13-21(20)26-15-17-5-2-3-7-19(17)22/h2-3,5,7-9,13,18H,4,6,10-12,14-15,23H2,1H3. The van der Waals surface area contributed by atoms with Gasteiger partial charge in [0.2, 0.25) is 0 Å². The van der Waals surface area contributed by atoms with Gasteiger partial charge in [0, 0.05) is 18.2 Å². The fraction of sp³-hybridized carbons (Fsp3) is 0.429. The predicted molar refractivity (Wildman–Crippen MR) is 101 cm³/mol. The van der Waals surface area contributed by atoms with E-state index in [1.165, 1.54) is 6.07 Å². The van der Waals surface area contributed by atoms with Crippen molar-refractivity contribution >= 4 is 0 Å². The molecule has 1 aliphatic rings. The maximum atomic E-state index is 13.8. The second kappa shape index (κ2) is 9.01. The first-order valence-corrected chi connectivity index (χ1v) is 9.17. The zero-order valence-corrected chi connectivity index (χ0v) is 15.3. The molecule has 2 aromatic carbocycles. The molecule has 0 saturated carbocycles. The van der Waals surface area contributed by atoms with Gasteiger partial charge in [-0.25, -0.2) is 4.39 Å². The van der Waals surface area contributed by atoms with Crippen LogP contribution >= 0.6 is 0 Å². The lowest BCUT2D eigenvalue weighted by Gasteiger charge is -2.21. The summed E-state index contributed by atoms with van der Waals surface area (Å²) >= 11 is 0. The Morgan fingerprint density at radius 2 is 1.96 bits per heavy atom. The lowest BCUT2D eigenvalue weighted by Crippen LogP contribution is -2.26. The van der Waals surface area contributed by atoms with E-state index in [0.717, 1.165) is 44.5 Å². The molecule has 5 heteroatoms. The van der Waals surface area contributed by atoms with Gasteiger partial charge in [0.05, 0.1) is 7.11 Å². The van der Waals surface area contributed by atoms with Crippen LogP contribution in [0.3, 0.4) is 0 Å². The maximum absolute atomic E-state index is 13.8. The van der Waals surface area contributed by atoms with Crippen LogP contribution in [0.1, 0.15) is 30.4 Å². The lowest BCUT2D eigenvalue weighted by molar-refractivity contribution is 0.268. The fourth-order valence-corrected chi connectivity index (χ4v) is 3.30. The van der Waals surface area contributed by atoms with Crippen LogP contribution in [0.5, 0.6) is 11.5 Å². The maximum Gasteiger partial charge on any atom is 0.161 e. The van der Waals surface area contributed by atoms with Gasteiger partial charge in [0.25, 0.3) is 0 Å². The summed E-state index contributed by atoms with van der Waals surface area (Å²) in [7, 11) is 1.61. The number of hydrogen-bond donors (Lipinski definition) is 1. The third-order valence-electron chi connectivity index (χ3n) is 4.84. The summed E-state index contributed by atoms with van der Waals surface area (Å²) in [5.41, 5.74) is 7.75. The van der Waals surface area contributed by atoms with Crippen LogP contribution < -0.4 is 15.2 Å². The summed E-state index contributed by atoms with van der Waals surface area (Å²) in [5.74, 6) is 1.03. The van der Waals surface area contributed by atoms with E-state index in [0.29, 0.717) is 23.1 Å². The molecule has 26 heavy (non-hydrogen) atoms. The summed E-state index contributed by atoms with van der Waals surface area (Å²) in [6, 6.07) is 12.9. The molecule has 0 radical (unpaired) electrons. The Bertz CT molecular complexity index is 723. The lowest BCUT2D eigenvalue weighted by atomic mass is 10.1. The van der Waals surface area contributed by atoms with Gasteiger partial charge in [-0.3, -0.25) is 4.90 Å². The van der Waals surface area contributed by atoms with E-state index in [1.807, 2.05) is 12.1 Å². The molecule has 0 amide bonds. The van der Waals surface area contributed by atoms with Crippen molar-refractivity contribution < 1.29 is 13.9 Å². The predicted octanol–water partition coefficient (Wildman–Crippen LogP) is 3.73. The molecule has 1 heterocycles. The highest BCUT2D eigenvalue weighted by Gasteiger charge is 2.15. The second-order valence-electron chi connectivity index (χ2n) is 6.83. The van der Waals surface area contributed by atoms with Gasteiger partial charge in [0.15, 0.2) is 11.5 Å². The average Bonchev–Trinajstić information content (AvgIpc) is 2.85. The summed E-state index contributed by atoms with van der Waals surface area (Å²) in [6.45, 7) is 3.10. The fourth-order valence-electron chi connectivity index (χ4n) is 3.30. The van der Waals surface area contributed by atoms with E-state index >= 15 is 0 Å². The SMILES string of the molecule is COc1ccc(CN2CCCC(N)CC2)cc1OCc1ccccc1F. The molecule has 1 atom stereocenters. The highest BCUT2D eigenvalue weighted by Crippen LogP contribution is 2.30. The number of likely N-dealkylation sites (tertiary alicyclic amines) is 1. The number of rotatable bonds is 6. The first kappa shape index (κ1) is 18.7. The van der Waals surface area contributed by atoms with Crippen molar-refractivity contribution in [3.63, 3.8) is 0 Å². The van der Waals surface area contributed by atoms with Crippen molar-refractivity contribution in [1.29, 1.82) is 0 Å². The molecule has 1 aliphatic heterocycles. The quantitative estimate of drug-likeness (QED) is 0.855. The molecule has 1 saturated heterocycles. The van der Waals surface area contributed by atoms with Crippen LogP contribution in [0.2, 0.25) is 0 Å². The molecule has 0 aliphatic carbocycles. The number of benzene rings is 2. The topological polar surface area (TPSA) is 47.7 Å². The number of halogens is 1. The van der Waals surface area contributed by atoms with E-state index in [-0.39, 0.29) is 12.4 Å². The largest absolute Gasteiger partial charge is 0.493 e. The smallest absolute Gasteiger partial charge is 0.161 e. The van der Waals surface area contributed by atoms with Crippen molar-refractivity contribution in [1.82, 2.24) is 4.90 Å². The monoisotopic (exact) mass is 358 g/mol. The first-order chi connectivity index (χ1) is 12.7. The van der Waals surface area contributed by atoms with Gasteiger partial charge in [0.1, 0.15) is 12.4 Å². The van der Waals surface area contributed by atoms with E-state index in [2.05, 4.69) is 11.0 Å². The number of nitrogens with zero attached hydrogens (tertiary/aromatic N) is 1. The Labute approximate surface area is 154 Å². The van der Waals surface area contributed by atoms with Gasteiger partial charge in [-0.2, -0.15) is 0 Å². The minimum atomic E-state index is -0.261. The number of methoxy groups -OCH3 is 1. The van der Waals surface area contributed by atoms with Gasteiger partial charge < -0.3 is 15.2 Å². The number of ether oxygens (including phenoxy) is 2. The molecule has 3 rings (SSSR count). The molecular formula is C21H27FN2O2. The van der Waals surface area contributed by atoms with Crippen molar-refractivity contribution in [2.45, 2.75) is 38.5 Å². The molecule has 1 fully saturated rings. The van der Waals surface area contributed by atoms with Gasteiger partial charge in [-0.15, -0.1) is 0 Å². The molecule has 0 spiro atoms. The van der Waals surface area contributed by atoms with Crippen LogP contribution in [0.4, 0.5) is 4.39 Å².